The van der Waals surface area contributed by atoms with Crippen LogP contribution >= 0.6 is 12.9 Å². The van der Waals surface area contributed by atoms with Gasteiger partial charge in [-0.25, -0.2) is 4.98 Å². The number of rotatable bonds is 5. The third-order valence-corrected chi connectivity index (χ3v) is 4.83. The molecule has 5 nitrogen and oxygen atoms in total. The molecule has 1 heterocycles. The highest BCUT2D eigenvalue weighted by molar-refractivity contribution is 7.84. The van der Waals surface area contributed by atoms with Crippen molar-refractivity contribution >= 4 is 40.7 Å². The van der Waals surface area contributed by atoms with Crippen molar-refractivity contribution in [1.82, 2.24) is 9.97 Å². The van der Waals surface area contributed by atoms with E-state index in [9.17, 15) is 9.00 Å². The molecule has 0 aliphatic carbocycles. The van der Waals surface area contributed by atoms with Crippen molar-refractivity contribution in [3.8, 4) is 0 Å². The monoisotopic (exact) mass is 346 g/mol. The highest BCUT2D eigenvalue weighted by Crippen LogP contribution is 2.18. The lowest BCUT2D eigenvalue weighted by Crippen LogP contribution is -2.07. The lowest BCUT2D eigenvalue weighted by atomic mass is 10.1. The predicted molar refractivity (Wildman–Crippen MR) is 91.4 cm³/mol. The third-order valence-electron chi connectivity index (χ3n) is 3.42. The zero-order valence-corrected chi connectivity index (χ0v) is 13.8. The van der Waals surface area contributed by atoms with Crippen LogP contribution in [0, 0.1) is 0 Å². The van der Waals surface area contributed by atoms with E-state index in [1.807, 2.05) is 48.5 Å². The molecule has 1 unspecified atom stereocenters. The molecule has 0 saturated heterocycles. The second-order valence-electron chi connectivity index (χ2n) is 4.96. The van der Waals surface area contributed by atoms with Crippen LogP contribution in [-0.4, -0.2) is 20.1 Å². The van der Waals surface area contributed by atoms with Gasteiger partial charge in [-0.3, -0.25) is 9.00 Å². The molecule has 1 aromatic heterocycles. The summed E-state index contributed by atoms with van der Waals surface area (Å²) in [7, 11) is -1.33. The summed E-state index contributed by atoms with van der Waals surface area (Å²) in [5, 5.41) is 0.428. The second-order valence-corrected chi connectivity index (χ2v) is 6.51. The maximum absolute atomic E-state index is 12.6. The summed E-state index contributed by atoms with van der Waals surface area (Å²) in [4.78, 5) is 18.8. The third kappa shape index (κ3) is 3.62. The van der Waals surface area contributed by atoms with Crippen molar-refractivity contribution in [2.45, 2.75) is 17.3 Å². The predicted octanol–water partition coefficient (Wildman–Crippen LogP) is 2.80. The van der Waals surface area contributed by atoms with Gasteiger partial charge in [0.15, 0.2) is 5.16 Å². The van der Waals surface area contributed by atoms with E-state index >= 15 is 0 Å². The first-order valence-corrected chi connectivity index (χ1v) is 8.60. The summed E-state index contributed by atoms with van der Waals surface area (Å²) in [5.74, 6) is -0.175. The molecule has 3 rings (SSSR count). The molecule has 0 amide bonds. The first kappa shape index (κ1) is 15.8. The Balaban J connectivity index is 1.83. The van der Waals surface area contributed by atoms with Crippen LogP contribution in [-0.2, 0) is 32.0 Å². The number of carbonyl (C=O) groups excluding carboxylic acids is 1. The molecule has 2 aromatic carbocycles. The zero-order chi connectivity index (χ0) is 16.2. The number of hydrogen-bond donors (Lipinski definition) is 2. The van der Waals surface area contributed by atoms with Gasteiger partial charge in [-0.15, -0.1) is 0 Å². The molecule has 0 aliphatic heterocycles. The quantitative estimate of drug-likeness (QED) is 0.550. The highest BCUT2D eigenvalue weighted by atomic mass is 32.2. The average molecular weight is 346 g/mol. The number of thiol groups is 1. The minimum Gasteiger partial charge on any atom is -0.394 e. The first-order valence-electron chi connectivity index (χ1n) is 6.91. The Morgan fingerprint density at radius 2 is 1.83 bits per heavy atom. The summed E-state index contributed by atoms with van der Waals surface area (Å²) in [6, 6.07) is 14.9. The summed E-state index contributed by atoms with van der Waals surface area (Å²) < 4.78 is 17.0. The van der Waals surface area contributed by atoms with Crippen LogP contribution in [0.5, 0.6) is 0 Å². The Bertz CT molecular complexity index is 843. The van der Waals surface area contributed by atoms with Gasteiger partial charge in [-0.1, -0.05) is 36.4 Å². The molecular formula is C16H14N2O3S2. The SMILES string of the molecule is O=C(Cc1ccccc1CS(=O)c1nc2ccccc2[nH]1)OS. The fourth-order valence-electron chi connectivity index (χ4n) is 2.31. The number of carbonyl (C=O) groups is 1. The Labute approximate surface area is 141 Å². The number of aromatic nitrogens is 2. The molecule has 0 radical (unpaired) electrons. The molecule has 0 spiro atoms. The van der Waals surface area contributed by atoms with Crippen LogP contribution in [0.1, 0.15) is 11.1 Å². The van der Waals surface area contributed by atoms with Crippen LogP contribution in [0.25, 0.3) is 11.0 Å². The molecule has 3 aromatic rings. The van der Waals surface area contributed by atoms with E-state index in [-0.39, 0.29) is 12.2 Å². The minimum absolute atomic E-state index is 0.0942. The van der Waals surface area contributed by atoms with Gasteiger partial charge in [-0.05, 0) is 23.3 Å². The van der Waals surface area contributed by atoms with Crippen molar-refractivity contribution in [3.63, 3.8) is 0 Å². The summed E-state index contributed by atoms with van der Waals surface area (Å²) in [6.07, 6.45) is 0.0942. The number of hydrogen-bond acceptors (Lipinski definition) is 5. The number of fused-ring (bicyclic) bond motifs is 1. The van der Waals surface area contributed by atoms with Crippen molar-refractivity contribution in [2.24, 2.45) is 0 Å². The molecule has 7 heteroatoms. The van der Waals surface area contributed by atoms with E-state index < -0.39 is 16.8 Å². The smallest absolute Gasteiger partial charge is 0.322 e. The van der Waals surface area contributed by atoms with Gasteiger partial charge in [0.2, 0.25) is 0 Å². The van der Waals surface area contributed by atoms with E-state index in [4.69, 9.17) is 0 Å². The molecule has 1 atom stereocenters. The van der Waals surface area contributed by atoms with Gasteiger partial charge in [0.1, 0.15) is 0 Å². The van der Waals surface area contributed by atoms with Crippen molar-refractivity contribution < 1.29 is 13.2 Å². The van der Waals surface area contributed by atoms with Crippen LogP contribution in [0.2, 0.25) is 0 Å². The van der Waals surface area contributed by atoms with Gasteiger partial charge in [0, 0.05) is 12.9 Å². The fourth-order valence-corrected chi connectivity index (χ4v) is 3.49. The van der Waals surface area contributed by atoms with Gasteiger partial charge in [0.05, 0.1) is 34.0 Å². The van der Waals surface area contributed by atoms with Crippen LogP contribution < -0.4 is 0 Å². The second kappa shape index (κ2) is 6.97. The van der Waals surface area contributed by atoms with Crippen molar-refractivity contribution in [3.05, 3.63) is 59.7 Å². The van der Waals surface area contributed by atoms with Crippen molar-refractivity contribution in [1.29, 1.82) is 0 Å². The Morgan fingerprint density at radius 1 is 1.13 bits per heavy atom. The Morgan fingerprint density at radius 3 is 2.57 bits per heavy atom. The number of H-pyrrole nitrogens is 1. The maximum Gasteiger partial charge on any atom is 0.322 e. The molecule has 0 aliphatic rings. The molecule has 118 valence electrons. The first-order chi connectivity index (χ1) is 11.2. The number of aromatic amines is 1. The highest BCUT2D eigenvalue weighted by Gasteiger charge is 2.14. The van der Waals surface area contributed by atoms with Crippen LogP contribution in [0.3, 0.4) is 0 Å². The lowest BCUT2D eigenvalue weighted by Gasteiger charge is -2.07. The largest absolute Gasteiger partial charge is 0.394 e. The van der Waals surface area contributed by atoms with Gasteiger partial charge < -0.3 is 9.17 Å². The van der Waals surface area contributed by atoms with Crippen molar-refractivity contribution in [2.75, 3.05) is 0 Å². The fraction of sp³-hybridized carbons (Fsp3) is 0.125. The zero-order valence-electron chi connectivity index (χ0n) is 12.1. The molecular weight excluding hydrogens is 332 g/mol. The normalized spacial score (nSPS) is 12.2. The molecule has 0 bridgehead atoms. The number of nitrogens with one attached hydrogen (secondary N) is 1. The van der Waals surface area contributed by atoms with E-state index in [2.05, 4.69) is 27.1 Å². The van der Waals surface area contributed by atoms with E-state index in [1.54, 1.807) is 0 Å². The summed E-state index contributed by atoms with van der Waals surface area (Å²) >= 11 is 3.51. The number of benzene rings is 2. The lowest BCUT2D eigenvalue weighted by molar-refractivity contribution is -0.132. The Kier molecular flexibility index (Phi) is 4.78. The van der Waals surface area contributed by atoms with Gasteiger partial charge in [0.25, 0.3) is 0 Å². The van der Waals surface area contributed by atoms with E-state index in [0.29, 0.717) is 5.16 Å². The summed E-state index contributed by atoms with van der Waals surface area (Å²) in [6.45, 7) is 0. The van der Waals surface area contributed by atoms with E-state index in [1.165, 1.54) is 0 Å². The van der Waals surface area contributed by atoms with E-state index in [0.717, 1.165) is 22.2 Å². The maximum atomic E-state index is 12.6. The number of nitrogens with zero attached hydrogens (tertiary/aromatic N) is 1. The average Bonchev–Trinajstić information content (AvgIpc) is 3.00. The molecule has 1 N–H and O–H groups in total. The Hall–Kier alpha value is -2.12. The molecule has 0 fully saturated rings. The molecule has 23 heavy (non-hydrogen) atoms. The minimum atomic E-state index is -1.33. The standard InChI is InChI=1S/C16H14N2O3S2/c19-15(21-22)9-11-5-1-2-6-12(11)10-23(20)16-17-13-7-3-4-8-14(13)18-16/h1-8,22H,9-10H2,(H,17,18). The molecule has 0 saturated carbocycles. The number of para-hydroxylation sites is 2. The summed E-state index contributed by atoms with van der Waals surface area (Å²) in [5.41, 5.74) is 3.23. The number of imidazole rings is 1. The topological polar surface area (TPSA) is 72.0 Å². The van der Waals surface area contributed by atoms with Gasteiger partial charge in [-0.2, -0.15) is 0 Å². The van der Waals surface area contributed by atoms with Crippen LogP contribution in [0.15, 0.2) is 53.7 Å². The van der Waals surface area contributed by atoms with Crippen LogP contribution in [0.4, 0.5) is 0 Å². The van der Waals surface area contributed by atoms with Gasteiger partial charge >= 0.3 is 5.97 Å².